The molecule has 0 aliphatic carbocycles. The van der Waals surface area contributed by atoms with Crippen LogP contribution in [0.4, 0.5) is 14.9 Å². The van der Waals surface area contributed by atoms with Crippen molar-refractivity contribution in [1.82, 2.24) is 5.01 Å². The van der Waals surface area contributed by atoms with Crippen molar-refractivity contribution in [3.63, 3.8) is 0 Å². The van der Waals surface area contributed by atoms with E-state index in [9.17, 15) is 14.0 Å². The third-order valence-corrected chi connectivity index (χ3v) is 4.31. The average molecular weight is 439 g/mol. The summed E-state index contributed by atoms with van der Waals surface area (Å²) in [5.41, 5.74) is -0.208. The van der Waals surface area contributed by atoms with Gasteiger partial charge in [-0.05, 0) is 51.0 Å². The first-order valence-corrected chi connectivity index (χ1v) is 10.4. The molecule has 0 saturated carbocycles. The number of hydrazone groups is 2. The molecule has 32 heavy (non-hydrogen) atoms. The number of carbonyl (C=O) groups is 2. The van der Waals surface area contributed by atoms with Crippen molar-refractivity contribution in [3.05, 3.63) is 66.0 Å². The third kappa shape index (κ3) is 5.38. The van der Waals surface area contributed by atoms with Gasteiger partial charge in [0.05, 0.1) is 12.2 Å². The van der Waals surface area contributed by atoms with Gasteiger partial charge in [0.25, 0.3) is 0 Å². The molecule has 1 heterocycles. The van der Waals surface area contributed by atoms with Crippen LogP contribution in [-0.4, -0.2) is 40.6 Å². The van der Waals surface area contributed by atoms with Crippen LogP contribution in [-0.2, 0) is 9.53 Å². The number of anilines is 1. The Kier molecular flexibility index (Phi) is 6.72. The number of amides is 2. The largest absolute Gasteiger partial charge is 0.442 e. The monoisotopic (exact) mass is 438 g/mol. The summed E-state index contributed by atoms with van der Waals surface area (Å²) in [6.45, 7) is 9.27. The molecule has 0 N–H and O–H groups in total. The predicted molar refractivity (Wildman–Crippen MR) is 122 cm³/mol. The standard InChI is InChI=1S/C24H27FN4O3/c1-16(2)15-28(23(31)32-24(3,4)5)26-21-20(18-13-9-10-14-19(18)25)27-29(22(21)30)17-11-7-6-8-12-17/h6-14,16H,15H2,1-5H3/b26-21-. The Bertz CT molecular complexity index is 1060. The van der Waals surface area contributed by atoms with Crippen LogP contribution in [0.2, 0.25) is 0 Å². The Morgan fingerprint density at radius 2 is 1.75 bits per heavy atom. The van der Waals surface area contributed by atoms with E-state index in [2.05, 4.69) is 10.2 Å². The summed E-state index contributed by atoms with van der Waals surface area (Å²) in [6, 6.07) is 14.8. The van der Waals surface area contributed by atoms with Gasteiger partial charge in [-0.15, -0.1) is 0 Å². The summed E-state index contributed by atoms with van der Waals surface area (Å²) in [7, 11) is 0. The van der Waals surface area contributed by atoms with Crippen LogP contribution in [0.5, 0.6) is 0 Å². The van der Waals surface area contributed by atoms with Crippen LogP contribution in [0.15, 0.2) is 64.8 Å². The fraction of sp³-hybridized carbons (Fsp3) is 0.333. The summed E-state index contributed by atoms with van der Waals surface area (Å²) in [4.78, 5) is 26.1. The average Bonchev–Trinajstić information content (AvgIpc) is 3.03. The lowest BCUT2D eigenvalue weighted by Gasteiger charge is -2.25. The molecule has 7 nitrogen and oxygen atoms in total. The molecule has 2 aromatic carbocycles. The first kappa shape index (κ1) is 23.1. The number of rotatable bonds is 5. The molecule has 2 aromatic rings. The van der Waals surface area contributed by atoms with E-state index in [0.717, 1.165) is 10.0 Å². The molecule has 1 aliphatic heterocycles. The number of hydrogen-bond acceptors (Lipinski definition) is 5. The van der Waals surface area contributed by atoms with Crippen LogP contribution in [0.3, 0.4) is 0 Å². The molecule has 0 spiro atoms. The van der Waals surface area contributed by atoms with Crippen LogP contribution < -0.4 is 5.01 Å². The maximum atomic E-state index is 14.6. The SMILES string of the molecule is CC(C)CN(/N=C1\C(=O)N(c2ccccc2)N=C1c1ccccc1F)C(=O)OC(C)(C)C. The van der Waals surface area contributed by atoms with Crippen molar-refractivity contribution in [2.24, 2.45) is 16.1 Å². The first-order valence-electron chi connectivity index (χ1n) is 10.4. The quantitative estimate of drug-likeness (QED) is 0.628. The van der Waals surface area contributed by atoms with Crippen molar-refractivity contribution < 1.29 is 18.7 Å². The number of benzene rings is 2. The highest BCUT2D eigenvalue weighted by atomic mass is 19.1. The molecule has 0 unspecified atom stereocenters. The van der Waals surface area contributed by atoms with Gasteiger partial charge in [-0.1, -0.05) is 44.2 Å². The van der Waals surface area contributed by atoms with Crippen molar-refractivity contribution in [1.29, 1.82) is 0 Å². The fourth-order valence-electron chi connectivity index (χ4n) is 3.00. The minimum absolute atomic E-state index is 0.0439. The van der Waals surface area contributed by atoms with Crippen LogP contribution in [0, 0.1) is 11.7 Å². The van der Waals surface area contributed by atoms with Crippen molar-refractivity contribution >= 4 is 29.1 Å². The van der Waals surface area contributed by atoms with E-state index in [1.807, 2.05) is 19.9 Å². The van der Waals surface area contributed by atoms with E-state index >= 15 is 0 Å². The maximum Gasteiger partial charge on any atom is 0.430 e. The van der Waals surface area contributed by atoms with E-state index in [0.29, 0.717) is 5.69 Å². The highest BCUT2D eigenvalue weighted by Crippen LogP contribution is 2.23. The Hall–Kier alpha value is -3.55. The predicted octanol–water partition coefficient (Wildman–Crippen LogP) is 4.83. The molecular weight excluding hydrogens is 411 g/mol. The highest BCUT2D eigenvalue weighted by molar-refractivity contribution is 6.74. The zero-order valence-corrected chi connectivity index (χ0v) is 18.9. The molecular formula is C24H27FN4O3. The third-order valence-electron chi connectivity index (χ3n) is 4.31. The molecule has 0 aromatic heterocycles. The summed E-state index contributed by atoms with van der Waals surface area (Å²) < 4.78 is 20.1. The van der Waals surface area contributed by atoms with Gasteiger partial charge in [0.2, 0.25) is 0 Å². The molecule has 168 valence electrons. The number of hydrogen-bond donors (Lipinski definition) is 0. The van der Waals surface area contributed by atoms with Gasteiger partial charge >= 0.3 is 12.0 Å². The Balaban J connectivity index is 2.10. The van der Waals surface area contributed by atoms with Gasteiger partial charge in [0, 0.05) is 5.56 Å². The minimum Gasteiger partial charge on any atom is -0.442 e. The summed E-state index contributed by atoms with van der Waals surface area (Å²) in [5, 5.41) is 11.0. The molecule has 0 saturated heterocycles. The number of nitrogens with zero attached hydrogens (tertiary/aromatic N) is 4. The number of ether oxygens (including phenoxy) is 1. The van der Waals surface area contributed by atoms with E-state index in [1.165, 1.54) is 12.1 Å². The molecule has 1 aliphatic rings. The zero-order chi connectivity index (χ0) is 23.5. The molecule has 0 fully saturated rings. The second-order valence-corrected chi connectivity index (χ2v) is 8.79. The van der Waals surface area contributed by atoms with E-state index < -0.39 is 23.4 Å². The lowest BCUT2D eigenvalue weighted by Crippen LogP contribution is -2.38. The lowest BCUT2D eigenvalue weighted by molar-refractivity contribution is -0.112. The Morgan fingerprint density at radius 1 is 1.12 bits per heavy atom. The van der Waals surface area contributed by atoms with E-state index in [-0.39, 0.29) is 29.4 Å². The lowest BCUT2D eigenvalue weighted by atomic mass is 10.1. The number of halogens is 1. The molecule has 0 atom stereocenters. The normalized spacial score (nSPS) is 15.3. The summed E-state index contributed by atoms with van der Waals surface area (Å²) in [5.74, 6) is -1.07. The molecule has 8 heteroatoms. The number of carbonyl (C=O) groups excluding carboxylic acids is 2. The van der Waals surface area contributed by atoms with Crippen molar-refractivity contribution in [2.75, 3.05) is 11.6 Å². The van der Waals surface area contributed by atoms with Crippen LogP contribution in [0.25, 0.3) is 0 Å². The minimum atomic E-state index is -0.745. The smallest absolute Gasteiger partial charge is 0.430 e. The molecule has 0 bridgehead atoms. The van der Waals surface area contributed by atoms with Crippen molar-refractivity contribution in [2.45, 2.75) is 40.2 Å². The first-order chi connectivity index (χ1) is 15.1. The van der Waals surface area contributed by atoms with Gasteiger partial charge < -0.3 is 4.74 Å². The Labute approximate surface area is 187 Å². The molecule has 2 amide bonds. The summed E-state index contributed by atoms with van der Waals surface area (Å²) >= 11 is 0. The second kappa shape index (κ2) is 9.30. The topological polar surface area (TPSA) is 74.6 Å². The van der Waals surface area contributed by atoms with E-state index in [4.69, 9.17) is 4.74 Å². The zero-order valence-electron chi connectivity index (χ0n) is 18.9. The van der Waals surface area contributed by atoms with Gasteiger partial charge in [-0.25, -0.2) is 9.18 Å². The van der Waals surface area contributed by atoms with Gasteiger partial charge in [-0.3, -0.25) is 4.79 Å². The van der Waals surface area contributed by atoms with Gasteiger partial charge in [-0.2, -0.15) is 20.2 Å². The van der Waals surface area contributed by atoms with Crippen LogP contribution >= 0.6 is 0 Å². The highest BCUT2D eigenvalue weighted by Gasteiger charge is 2.37. The van der Waals surface area contributed by atoms with Crippen LogP contribution in [0.1, 0.15) is 40.2 Å². The molecule has 0 radical (unpaired) electrons. The van der Waals surface area contributed by atoms with Gasteiger partial charge in [0.15, 0.2) is 5.71 Å². The maximum absolute atomic E-state index is 14.6. The fourth-order valence-corrected chi connectivity index (χ4v) is 3.00. The Morgan fingerprint density at radius 3 is 2.34 bits per heavy atom. The molecule has 3 rings (SSSR count). The van der Waals surface area contributed by atoms with Crippen molar-refractivity contribution in [3.8, 4) is 0 Å². The number of para-hydroxylation sites is 1. The van der Waals surface area contributed by atoms with E-state index in [1.54, 1.807) is 57.2 Å². The summed E-state index contributed by atoms with van der Waals surface area (Å²) in [6.07, 6.45) is -0.697. The van der Waals surface area contributed by atoms with Gasteiger partial charge in [0.1, 0.15) is 17.1 Å². The second-order valence-electron chi connectivity index (χ2n) is 8.79.